The van der Waals surface area contributed by atoms with Crippen molar-refractivity contribution >= 4 is 40.3 Å². The molecule has 2 aromatic rings. The summed E-state index contributed by atoms with van der Waals surface area (Å²) in [5.74, 6) is -0.120. The summed E-state index contributed by atoms with van der Waals surface area (Å²) in [4.78, 5) is 12.3. The van der Waals surface area contributed by atoms with Crippen LogP contribution in [0.25, 0.3) is 11.8 Å². The molecule has 1 N–H and O–H groups in total. The summed E-state index contributed by atoms with van der Waals surface area (Å²) in [6, 6.07) is 12.2. The number of nitrogens with one attached hydrogen (secondary N) is 1. The second kappa shape index (κ2) is 5.26. The van der Waals surface area contributed by atoms with Crippen molar-refractivity contribution in [2.45, 2.75) is 6.92 Å². The van der Waals surface area contributed by atoms with Crippen molar-refractivity contribution in [1.82, 2.24) is 9.88 Å². The van der Waals surface area contributed by atoms with Crippen LogP contribution in [-0.4, -0.2) is 14.8 Å². The number of aromatic nitrogens is 1. The number of nitrogens with zero attached hydrogens (tertiary/aromatic N) is 1. The minimum Gasteiger partial charge on any atom is -0.321 e. The molecule has 0 unspecified atom stereocenters. The van der Waals surface area contributed by atoms with Crippen LogP contribution in [0.5, 0.6) is 0 Å². The molecule has 1 fully saturated rings. The predicted molar refractivity (Wildman–Crippen MR) is 86.8 cm³/mol. The van der Waals surface area contributed by atoms with Crippen molar-refractivity contribution in [3.05, 3.63) is 58.8 Å². The number of rotatable bonds is 2. The van der Waals surface area contributed by atoms with Crippen LogP contribution in [0, 0.1) is 6.92 Å². The Balaban J connectivity index is 1.96. The molecule has 2 heterocycles. The van der Waals surface area contributed by atoms with Crippen molar-refractivity contribution in [3.8, 4) is 5.69 Å². The third-order valence-electron chi connectivity index (χ3n) is 3.01. The fraction of sp³-hybridized carbons (Fsp3) is 0.0667. The third kappa shape index (κ3) is 2.55. The van der Waals surface area contributed by atoms with Gasteiger partial charge in [-0.2, -0.15) is 0 Å². The molecule has 5 heteroatoms. The van der Waals surface area contributed by atoms with E-state index in [1.54, 1.807) is 0 Å². The molecule has 20 heavy (non-hydrogen) atoms. The second-order valence-corrected chi connectivity index (χ2v) is 6.19. The maximum absolute atomic E-state index is 11.7. The zero-order valence-corrected chi connectivity index (χ0v) is 12.4. The molecule has 0 atom stereocenters. The SMILES string of the molecule is Cc1cc(/C=C2\SC(=S)NC2=O)cn1-c1ccccc1. The van der Waals surface area contributed by atoms with Gasteiger partial charge in [-0.3, -0.25) is 4.79 Å². The molecule has 0 radical (unpaired) electrons. The first-order chi connectivity index (χ1) is 9.63. The van der Waals surface area contributed by atoms with Crippen LogP contribution in [0.3, 0.4) is 0 Å². The van der Waals surface area contributed by atoms with Crippen molar-refractivity contribution in [3.63, 3.8) is 0 Å². The number of amides is 1. The molecule has 0 saturated carbocycles. The lowest BCUT2D eigenvalue weighted by molar-refractivity contribution is -0.115. The highest BCUT2D eigenvalue weighted by Crippen LogP contribution is 2.27. The highest BCUT2D eigenvalue weighted by molar-refractivity contribution is 8.26. The fourth-order valence-corrected chi connectivity index (χ4v) is 3.16. The summed E-state index contributed by atoms with van der Waals surface area (Å²) in [5, 5.41) is 2.62. The van der Waals surface area contributed by atoms with E-state index in [-0.39, 0.29) is 5.91 Å². The van der Waals surface area contributed by atoms with E-state index >= 15 is 0 Å². The monoisotopic (exact) mass is 300 g/mol. The van der Waals surface area contributed by atoms with Gasteiger partial charge in [-0.15, -0.1) is 0 Å². The molecule has 0 bridgehead atoms. The lowest BCUT2D eigenvalue weighted by Crippen LogP contribution is -2.17. The molecule has 1 aromatic carbocycles. The molecule has 1 saturated heterocycles. The van der Waals surface area contributed by atoms with Gasteiger partial charge < -0.3 is 9.88 Å². The lowest BCUT2D eigenvalue weighted by Gasteiger charge is -2.04. The zero-order chi connectivity index (χ0) is 14.1. The molecular weight excluding hydrogens is 288 g/mol. The first kappa shape index (κ1) is 13.1. The van der Waals surface area contributed by atoms with Gasteiger partial charge >= 0.3 is 0 Å². The number of thioether (sulfide) groups is 1. The van der Waals surface area contributed by atoms with Gasteiger partial charge in [0.05, 0.1) is 4.91 Å². The van der Waals surface area contributed by atoms with Crippen molar-refractivity contribution in [2.75, 3.05) is 0 Å². The Morgan fingerprint density at radius 3 is 2.70 bits per heavy atom. The summed E-state index contributed by atoms with van der Waals surface area (Å²) in [5.41, 5.74) is 3.22. The molecule has 0 aliphatic carbocycles. The van der Waals surface area contributed by atoms with Crippen LogP contribution < -0.4 is 5.32 Å². The van der Waals surface area contributed by atoms with Gasteiger partial charge in [0.25, 0.3) is 5.91 Å². The number of hydrogen-bond acceptors (Lipinski definition) is 3. The largest absolute Gasteiger partial charge is 0.321 e. The van der Waals surface area contributed by atoms with E-state index in [0.29, 0.717) is 9.23 Å². The van der Waals surface area contributed by atoms with Gasteiger partial charge in [-0.1, -0.05) is 42.2 Å². The number of thiocarbonyl (C=S) groups is 1. The number of aryl methyl sites for hydroxylation is 1. The van der Waals surface area contributed by atoms with Crippen LogP contribution in [0.2, 0.25) is 0 Å². The van der Waals surface area contributed by atoms with Gasteiger partial charge in [-0.05, 0) is 36.8 Å². The number of carbonyl (C=O) groups excluding carboxylic acids is 1. The summed E-state index contributed by atoms with van der Waals surface area (Å²) in [6.07, 6.45) is 3.89. The van der Waals surface area contributed by atoms with Gasteiger partial charge in [0, 0.05) is 17.6 Å². The number of carbonyl (C=O) groups is 1. The lowest BCUT2D eigenvalue weighted by atomic mass is 10.3. The van der Waals surface area contributed by atoms with Crippen molar-refractivity contribution in [1.29, 1.82) is 0 Å². The van der Waals surface area contributed by atoms with E-state index in [0.717, 1.165) is 16.9 Å². The standard InChI is InChI=1S/C15H12N2OS2/c1-10-7-11(8-13-14(18)16-15(19)20-13)9-17(10)12-5-3-2-4-6-12/h2-9H,1H3,(H,16,18,19)/b13-8-. The molecule has 1 aromatic heterocycles. The van der Waals surface area contributed by atoms with Crippen LogP contribution >= 0.6 is 24.0 Å². The number of benzene rings is 1. The first-order valence-electron chi connectivity index (χ1n) is 6.13. The average molecular weight is 300 g/mol. The van der Waals surface area contributed by atoms with E-state index in [4.69, 9.17) is 12.2 Å². The Labute approximate surface area is 126 Å². The van der Waals surface area contributed by atoms with Gasteiger partial charge in [0.1, 0.15) is 4.32 Å². The third-order valence-corrected chi connectivity index (χ3v) is 4.17. The van der Waals surface area contributed by atoms with Gasteiger partial charge in [0.15, 0.2) is 0 Å². The number of para-hydroxylation sites is 1. The van der Waals surface area contributed by atoms with E-state index in [2.05, 4.69) is 28.1 Å². The van der Waals surface area contributed by atoms with Crippen LogP contribution in [0.4, 0.5) is 0 Å². The topological polar surface area (TPSA) is 34.0 Å². The second-order valence-electron chi connectivity index (χ2n) is 4.47. The maximum Gasteiger partial charge on any atom is 0.263 e. The van der Waals surface area contributed by atoms with Gasteiger partial charge in [0.2, 0.25) is 0 Å². The van der Waals surface area contributed by atoms with Crippen LogP contribution in [-0.2, 0) is 4.79 Å². The van der Waals surface area contributed by atoms with Gasteiger partial charge in [-0.25, -0.2) is 0 Å². The van der Waals surface area contributed by atoms with E-state index in [1.807, 2.05) is 37.4 Å². The molecule has 3 nitrogen and oxygen atoms in total. The summed E-state index contributed by atoms with van der Waals surface area (Å²) in [6.45, 7) is 2.04. The molecule has 0 spiro atoms. The Bertz CT molecular complexity index is 717. The molecular formula is C15H12N2OS2. The Hall–Kier alpha value is -1.85. The molecule has 100 valence electrons. The quantitative estimate of drug-likeness (QED) is 0.683. The zero-order valence-electron chi connectivity index (χ0n) is 10.8. The van der Waals surface area contributed by atoms with E-state index in [9.17, 15) is 4.79 Å². The average Bonchev–Trinajstić information content (AvgIpc) is 2.94. The van der Waals surface area contributed by atoms with E-state index in [1.165, 1.54) is 11.8 Å². The Morgan fingerprint density at radius 1 is 1.30 bits per heavy atom. The van der Waals surface area contributed by atoms with Crippen molar-refractivity contribution < 1.29 is 4.79 Å². The highest BCUT2D eigenvalue weighted by atomic mass is 32.2. The Kier molecular flexibility index (Phi) is 3.46. The predicted octanol–water partition coefficient (Wildman–Crippen LogP) is 3.27. The molecule has 1 aliphatic rings. The molecule has 1 amide bonds. The van der Waals surface area contributed by atoms with E-state index < -0.39 is 0 Å². The minimum atomic E-state index is -0.120. The summed E-state index contributed by atoms with van der Waals surface area (Å²) in [7, 11) is 0. The first-order valence-corrected chi connectivity index (χ1v) is 7.35. The summed E-state index contributed by atoms with van der Waals surface area (Å²) >= 11 is 6.28. The number of hydrogen-bond donors (Lipinski definition) is 1. The maximum atomic E-state index is 11.7. The van der Waals surface area contributed by atoms with Crippen LogP contribution in [0.1, 0.15) is 11.3 Å². The Morgan fingerprint density at radius 2 is 2.05 bits per heavy atom. The highest BCUT2D eigenvalue weighted by Gasteiger charge is 2.22. The summed E-state index contributed by atoms with van der Waals surface area (Å²) < 4.78 is 2.61. The smallest absolute Gasteiger partial charge is 0.263 e. The minimum absolute atomic E-state index is 0.120. The fourth-order valence-electron chi connectivity index (χ4n) is 2.12. The normalized spacial score (nSPS) is 16.8. The molecule has 1 aliphatic heterocycles. The van der Waals surface area contributed by atoms with Crippen molar-refractivity contribution in [2.24, 2.45) is 0 Å². The molecule has 3 rings (SSSR count). The van der Waals surface area contributed by atoms with Crippen LogP contribution in [0.15, 0.2) is 47.5 Å².